The molecule has 0 aliphatic carbocycles. The van der Waals surface area contributed by atoms with Crippen molar-refractivity contribution in [3.8, 4) is 0 Å². The van der Waals surface area contributed by atoms with Gasteiger partial charge in [0.15, 0.2) is 0 Å². The lowest BCUT2D eigenvalue weighted by Crippen LogP contribution is -2.16. The third-order valence-electron chi connectivity index (χ3n) is 2.06. The maximum Gasteiger partial charge on any atom is 0.224 e. The highest BCUT2D eigenvalue weighted by molar-refractivity contribution is 6.64. The van der Waals surface area contributed by atoms with Crippen LogP contribution in [0.1, 0.15) is 33.6 Å². The van der Waals surface area contributed by atoms with E-state index in [4.69, 9.17) is 11.6 Å². The van der Waals surface area contributed by atoms with Crippen LogP contribution in [-0.4, -0.2) is 5.24 Å². The minimum atomic E-state index is -0.183. The summed E-state index contributed by atoms with van der Waals surface area (Å²) in [6, 6.07) is 0. The molecule has 0 radical (unpaired) electrons. The molecule has 0 spiro atoms. The molecule has 0 rings (SSSR count). The molecule has 0 N–H and O–H groups in total. The minimum absolute atomic E-state index is 0.0617. The van der Waals surface area contributed by atoms with Crippen LogP contribution in [-0.2, 0) is 4.79 Å². The molecular formula is C8H15ClO. The Balaban J connectivity index is 3.92. The average molecular weight is 163 g/mol. The molecule has 1 nitrogen and oxygen atoms in total. The third kappa shape index (κ3) is 2.70. The van der Waals surface area contributed by atoms with E-state index in [2.05, 4.69) is 13.8 Å². The van der Waals surface area contributed by atoms with E-state index in [0.29, 0.717) is 5.92 Å². The van der Waals surface area contributed by atoms with Gasteiger partial charge >= 0.3 is 0 Å². The molecule has 0 heterocycles. The minimum Gasteiger partial charge on any atom is -0.281 e. The van der Waals surface area contributed by atoms with Crippen molar-refractivity contribution >= 4 is 16.8 Å². The molecule has 2 atom stereocenters. The Labute approximate surface area is 67.8 Å². The van der Waals surface area contributed by atoms with Crippen molar-refractivity contribution in [1.29, 1.82) is 0 Å². The zero-order valence-electron chi connectivity index (χ0n) is 6.86. The fraction of sp³-hybridized carbons (Fsp3) is 0.875. The number of hydrogen-bond donors (Lipinski definition) is 0. The van der Waals surface area contributed by atoms with Crippen LogP contribution in [0.15, 0.2) is 0 Å². The van der Waals surface area contributed by atoms with E-state index in [1.54, 1.807) is 0 Å². The molecule has 0 aromatic heterocycles. The van der Waals surface area contributed by atoms with Crippen LogP contribution < -0.4 is 0 Å². The van der Waals surface area contributed by atoms with Crippen molar-refractivity contribution in [1.82, 2.24) is 0 Å². The number of halogens is 1. The zero-order chi connectivity index (χ0) is 8.15. The fourth-order valence-electron chi connectivity index (χ4n) is 1.07. The molecule has 60 valence electrons. The van der Waals surface area contributed by atoms with Gasteiger partial charge in [-0.05, 0) is 23.9 Å². The predicted molar refractivity (Wildman–Crippen MR) is 44.1 cm³/mol. The molecule has 0 bridgehead atoms. The molecular weight excluding hydrogens is 148 g/mol. The zero-order valence-corrected chi connectivity index (χ0v) is 7.61. The first-order valence-electron chi connectivity index (χ1n) is 3.82. The van der Waals surface area contributed by atoms with Gasteiger partial charge in [0, 0.05) is 5.92 Å². The van der Waals surface area contributed by atoms with Crippen LogP contribution in [0, 0.1) is 11.8 Å². The lowest BCUT2D eigenvalue weighted by Gasteiger charge is -2.16. The number of carbonyl (C=O) groups is 1. The summed E-state index contributed by atoms with van der Waals surface area (Å²) in [5, 5.41) is -0.183. The summed E-state index contributed by atoms with van der Waals surface area (Å²) in [5.74, 6) is 0.488. The SMILES string of the molecule is CCC(C)C(CC)C(=O)Cl. The second-order valence-corrected chi connectivity index (χ2v) is 3.08. The van der Waals surface area contributed by atoms with Gasteiger partial charge in [0.25, 0.3) is 0 Å². The van der Waals surface area contributed by atoms with E-state index in [9.17, 15) is 4.79 Å². The maximum absolute atomic E-state index is 10.7. The van der Waals surface area contributed by atoms with Gasteiger partial charge in [0.05, 0.1) is 0 Å². The second kappa shape index (κ2) is 4.73. The van der Waals surface area contributed by atoms with Gasteiger partial charge in [-0.15, -0.1) is 0 Å². The summed E-state index contributed by atoms with van der Waals surface area (Å²) in [6.07, 6.45) is 1.88. The molecule has 0 aromatic carbocycles. The van der Waals surface area contributed by atoms with Crippen LogP contribution in [0.2, 0.25) is 0 Å². The molecule has 0 fully saturated rings. The van der Waals surface area contributed by atoms with Gasteiger partial charge < -0.3 is 0 Å². The summed E-state index contributed by atoms with van der Waals surface area (Å²) < 4.78 is 0. The van der Waals surface area contributed by atoms with Crippen molar-refractivity contribution in [2.45, 2.75) is 33.6 Å². The summed E-state index contributed by atoms with van der Waals surface area (Å²) >= 11 is 5.38. The molecule has 2 heteroatoms. The summed E-state index contributed by atoms with van der Waals surface area (Å²) in [6.45, 7) is 6.14. The largest absolute Gasteiger partial charge is 0.281 e. The van der Waals surface area contributed by atoms with E-state index in [-0.39, 0.29) is 11.2 Å². The van der Waals surface area contributed by atoms with Gasteiger partial charge in [-0.2, -0.15) is 0 Å². The number of carbonyl (C=O) groups excluding carboxylic acids is 1. The van der Waals surface area contributed by atoms with E-state index in [1.807, 2.05) is 6.92 Å². The van der Waals surface area contributed by atoms with Crippen LogP contribution in [0.4, 0.5) is 0 Å². The number of hydrogen-bond acceptors (Lipinski definition) is 1. The Kier molecular flexibility index (Phi) is 4.71. The van der Waals surface area contributed by atoms with Gasteiger partial charge in [-0.25, -0.2) is 0 Å². The van der Waals surface area contributed by atoms with E-state index in [1.165, 1.54) is 0 Å². The van der Waals surface area contributed by atoms with Crippen LogP contribution in [0.3, 0.4) is 0 Å². The fourth-order valence-corrected chi connectivity index (χ4v) is 1.44. The first-order valence-corrected chi connectivity index (χ1v) is 4.20. The Bertz CT molecular complexity index is 112. The second-order valence-electron chi connectivity index (χ2n) is 2.70. The van der Waals surface area contributed by atoms with Crippen LogP contribution in [0.5, 0.6) is 0 Å². The Hall–Kier alpha value is -0.0400. The van der Waals surface area contributed by atoms with Gasteiger partial charge in [-0.1, -0.05) is 27.2 Å². The molecule has 0 saturated heterocycles. The number of rotatable bonds is 4. The summed E-state index contributed by atoms with van der Waals surface area (Å²) in [7, 11) is 0. The monoisotopic (exact) mass is 162 g/mol. The van der Waals surface area contributed by atoms with E-state index in [0.717, 1.165) is 12.8 Å². The Morgan fingerprint density at radius 2 is 1.90 bits per heavy atom. The Morgan fingerprint density at radius 3 is 2.00 bits per heavy atom. The lowest BCUT2D eigenvalue weighted by atomic mass is 9.91. The first-order chi connectivity index (χ1) is 4.63. The Morgan fingerprint density at radius 1 is 1.40 bits per heavy atom. The molecule has 0 saturated carbocycles. The van der Waals surface area contributed by atoms with E-state index < -0.39 is 0 Å². The molecule has 2 unspecified atom stereocenters. The highest BCUT2D eigenvalue weighted by Gasteiger charge is 2.19. The molecule has 10 heavy (non-hydrogen) atoms. The van der Waals surface area contributed by atoms with Crippen molar-refractivity contribution < 1.29 is 4.79 Å². The summed E-state index contributed by atoms with van der Waals surface area (Å²) in [4.78, 5) is 10.7. The topological polar surface area (TPSA) is 17.1 Å². The average Bonchev–Trinajstić information content (AvgIpc) is 1.88. The van der Waals surface area contributed by atoms with Crippen LogP contribution in [0.25, 0.3) is 0 Å². The smallest absolute Gasteiger partial charge is 0.224 e. The molecule has 0 aromatic rings. The standard InChI is InChI=1S/C8H15ClO/c1-4-6(3)7(5-2)8(9)10/h6-7H,4-5H2,1-3H3. The van der Waals surface area contributed by atoms with Crippen molar-refractivity contribution in [3.63, 3.8) is 0 Å². The van der Waals surface area contributed by atoms with Gasteiger partial charge in [0.1, 0.15) is 0 Å². The lowest BCUT2D eigenvalue weighted by molar-refractivity contribution is -0.116. The highest BCUT2D eigenvalue weighted by atomic mass is 35.5. The molecule has 0 aliphatic heterocycles. The van der Waals surface area contributed by atoms with Crippen molar-refractivity contribution in [3.05, 3.63) is 0 Å². The maximum atomic E-state index is 10.7. The van der Waals surface area contributed by atoms with Crippen LogP contribution >= 0.6 is 11.6 Å². The normalized spacial score (nSPS) is 16.4. The summed E-state index contributed by atoms with van der Waals surface area (Å²) in [5.41, 5.74) is 0. The predicted octanol–water partition coefficient (Wildman–Crippen LogP) is 2.82. The van der Waals surface area contributed by atoms with E-state index >= 15 is 0 Å². The molecule has 0 amide bonds. The third-order valence-corrected chi connectivity index (χ3v) is 2.34. The van der Waals surface area contributed by atoms with Gasteiger partial charge in [0.2, 0.25) is 5.24 Å². The van der Waals surface area contributed by atoms with Gasteiger partial charge in [-0.3, -0.25) is 4.79 Å². The van der Waals surface area contributed by atoms with Crippen molar-refractivity contribution in [2.24, 2.45) is 11.8 Å². The quantitative estimate of drug-likeness (QED) is 0.581. The molecule has 0 aliphatic rings. The van der Waals surface area contributed by atoms with Crippen molar-refractivity contribution in [2.75, 3.05) is 0 Å². The first kappa shape index (κ1) is 9.96. The highest BCUT2D eigenvalue weighted by Crippen LogP contribution is 2.20.